The van der Waals surface area contributed by atoms with Gasteiger partial charge in [0.2, 0.25) is 0 Å². The second-order valence-corrected chi connectivity index (χ2v) is 5.49. The molecule has 1 aliphatic rings. The number of morpholine rings is 1. The zero-order valence-corrected chi connectivity index (χ0v) is 11.2. The molecule has 0 bridgehead atoms. The summed E-state index contributed by atoms with van der Waals surface area (Å²) in [4.78, 5) is 0. The number of nitrogens with one attached hydrogen (secondary N) is 1. The molecular weight excluding hydrogens is 234 g/mol. The Morgan fingerprint density at radius 1 is 1.35 bits per heavy atom. The van der Waals surface area contributed by atoms with Crippen LogP contribution >= 0.6 is 11.6 Å². The van der Waals surface area contributed by atoms with E-state index in [2.05, 4.69) is 31.3 Å². The van der Waals surface area contributed by atoms with Crippen LogP contribution < -0.4 is 5.32 Å². The minimum atomic E-state index is 0.358. The zero-order valence-electron chi connectivity index (χ0n) is 10.4. The molecule has 2 nitrogen and oxygen atoms in total. The Balaban J connectivity index is 1.84. The summed E-state index contributed by atoms with van der Waals surface area (Å²) in [6.07, 6.45) is 1.36. The van der Waals surface area contributed by atoms with E-state index in [9.17, 15) is 0 Å². The molecule has 0 amide bonds. The van der Waals surface area contributed by atoms with Crippen LogP contribution in [-0.2, 0) is 11.2 Å². The van der Waals surface area contributed by atoms with Gasteiger partial charge in [0.15, 0.2) is 0 Å². The predicted octanol–water partition coefficient (Wildman–Crippen LogP) is 2.90. The summed E-state index contributed by atoms with van der Waals surface area (Å²) >= 11 is 5.87. The van der Waals surface area contributed by atoms with Crippen LogP contribution in [0.15, 0.2) is 24.3 Å². The lowest BCUT2D eigenvalue weighted by Crippen LogP contribution is -2.49. The lowest BCUT2D eigenvalue weighted by molar-refractivity contribution is -0.0206. The van der Waals surface area contributed by atoms with Gasteiger partial charge in [0.25, 0.3) is 0 Å². The first-order valence-corrected chi connectivity index (χ1v) is 6.62. The van der Waals surface area contributed by atoms with E-state index in [0.717, 1.165) is 24.6 Å². The Morgan fingerprint density at radius 2 is 2.06 bits per heavy atom. The summed E-state index contributed by atoms with van der Waals surface area (Å²) in [5.41, 5.74) is 1.30. The van der Waals surface area contributed by atoms with E-state index in [1.165, 1.54) is 5.56 Å². The number of halogens is 1. The van der Waals surface area contributed by atoms with E-state index in [1.807, 2.05) is 12.1 Å². The van der Waals surface area contributed by atoms with Crippen LogP contribution in [0.25, 0.3) is 0 Å². The lowest BCUT2D eigenvalue weighted by atomic mass is 10.0. The van der Waals surface area contributed by atoms with Crippen molar-refractivity contribution in [1.29, 1.82) is 0 Å². The van der Waals surface area contributed by atoms with Gasteiger partial charge in [-0.05, 0) is 30.0 Å². The van der Waals surface area contributed by atoms with Crippen molar-refractivity contribution in [2.75, 3.05) is 13.2 Å². The van der Waals surface area contributed by atoms with Gasteiger partial charge in [-0.2, -0.15) is 0 Å². The summed E-state index contributed by atoms with van der Waals surface area (Å²) in [7, 11) is 0. The molecule has 1 heterocycles. The van der Waals surface area contributed by atoms with Crippen LogP contribution in [0.3, 0.4) is 0 Å². The molecule has 1 aliphatic heterocycles. The molecule has 0 aromatic heterocycles. The minimum Gasteiger partial charge on any atom is -0.375 e. The van der Waals surface area contributed by atoms with Crippen LogP contribution in [0.2, 0.25) is 5.02 Å². The number of ether oxygens (including phenoxy) is 1. The van der Waals surface area contributed by atoms with Crippen LogP contribution in [-0.4, -0.2) is 25.3 Å². The first kappa shape index (κ1) is 12.9. The van der Waals surface area contributed by atoms with Crippen LogP contribution in [0.1, 0.15) is 19.4 Å². The van der Waals surface area contributed by atoms with Gasteiger partial charge in [-0.3, -0.25) is 0 Å². The Bertz CT molecular complexity index is 342. The molecule has 2 rings (SSSR count). The molecule has 1 fully saturated rings. The fourth-order valence-corrected chi connectivity index (χ4v) is 2.23. The second-order valence-electron chi connectivity index (χ2n) is 5.05. The molecule has 3 heteroatoms. The molecule has 0 saturated carbocycles. The first-order chi connectivity index (χ1) is 8.15. The zero-order chi connectivity index (χ0) is 12.3. The maximum atomic E-state index is 5.87. The van der Waals surface area contributed by atoms with Gasteiger partial charge >= 0.3 is 0 Å². The van der Waals surface area contributed by atoms with Crippen molar-refractivity contribution in [3.63, 3.8) is 0 Å². The number of rotatable bonds is 3. The van der Waals surface area contributed by atoms with Gasteiger partial charge in [0.1, 0.15) is 0 Å². The molecule has 94 valence electrons. The summed E-state index contributed by atoms with van der Waals surface area (Å²) in [5, 5.41) is 4.35. The Hall–Kier alpha value is -0.570. The number of hydrogen-bond acceptors (Lipinski definition) is 2. The smallest absolute Gasteiger partial charge is 0.0723 e. The largest absolute Gasteiger partial charge is 0.375 e. The average molecular weight is 254 g/mol. The number of hydrogen-bond donors (Lipinski definition) is 1. The highest BCUT2D eigenvalue weighted by Crippen LogP contribution is 2.15. The molecular formula is C14H20ClNO. The predicted molar refractivity (Wildman–Crippen MR) is 71.5 cm³/mol. The van der Waals surface area contributed by atoms with Gasteiger partial charge < -0.3 is 10.1 Å². The Kier molecular flexibility index (Phi) is 4.43. The van der Waals surface area contributed by atoms with Crippen molar-refractivity contribution in [2.45, 2.75) is 32.4 Å². The topological polar surface area (TPSA) is 21.3 Å². The third-order valence-corrected chi connectivity index (χ3v) is 3.51. The van der Waals surface area contributed by atoms with E-state index in [4.69, 9.17) is 16.3 Å². The average Bonchev–Trinajstić information content (AvgIpc) is 2.33. The number of benzene rings is 1. The van der Waals surface area contributed by atoms with Gasteiger partial charge in [0, 0.05) is 17.6 Å². The molecule has 1 aromatic rings. The third kappa shape index (κ3) is 3.70. The molecule has 1 saturated heterocycles. The van der Waals surface area contributed by atoms with Crippen molar-refractivity contribution in [2.24, 2.45) is 5.92 Å². The molecule has 0 unspecified atom stereocenters. The summed E-state index contributed by atoms with van der Waals surface area (Å²) in [6.45, 7) is 6.15. The molecule has 0 spiro atoms. The minimum absolute atomic E-state index is 0.358. The van der Waals surface area contributed by atoms with Crippen molar-refractivity contribution < 1.29 is 4.74 Å². The van der Waals surface area contributed by atoms with Gasteiger partial charge in [0.05, 0.1) is 12.7 Å². The maximum Gasteiger partial charge on any atom is 0.0723 e. The molecule has 17 heavy (non-hydrogen) atoms. The van der Waals surface area contributed by atoms with E-state index in [0.29, 0.717) is 18.1 Å². The summed E-state index contributed by atoms with van der Waals surface area (Å²) in [5.74, 6) is 0.582. The van der Waals surface area contributed by atoms with E-state index in [1.54, 1.807) is 0 Å². The SMILES string of the molecule is CC(C)[C@@H]1CN[C@@H](Cc2ccc(Cl)cc2)CO1. The van der Waals surface area contributed by atoms with Crippen LogP contribution in [0.5, 0.6) is 0 Å². The summed E-state index contributed by atoms with van der Waals surface area (Å²) < 4.78 is 5.86. The van der Waals surface area contributed by atoms with E-state index in [-0.39, 0.29) is 0 Å². The van der Waals surface area contributed by atoms with Crippen molar-refractivity contribution in [1.82, 2.24) is 5.32 Å². The van der Waals surface area contributed by atoms with Gasteiger partial charge in [-0.1, -0.05) is 37.6 Å². The molecule has 0 aliphatic carbocycles. The highest BCUT2D eigenvalue weighted by atomic mass is 35.5. The normalized spacial score (nSPS) is 25.2. The van der Waals surface area contributed by atoms with Crippen molar-refractivity contribution >= 4 is 11.6 Å². The fraction of sp³-hybridized carbons (Fsp3) is 0.571. The fourth-order valence-electron chi connectivity index (χ4n) is 2.10. The van der Waals surface area contributed by atoms with Crippen LogP contribution in [0.4, 0.5) is 0 Å². The van der Waals surface area contributed by atoms with Crippen molar-refractivity contribution in [3.05, 3.63) is 34.9 Å². The first-order valence-electron chi connectivity index (χ1n) is 6.24. The second kappa shape index (κ2) is 5.85. The highest BCUT2D eigenvalue weighted by Gasteiger charge is 2.23. The highest BCUT2D eigenvalue weighted by molar-refractivity contribution is 6.30. The van der Waals surface area contributed by atoms with Crippen LogP contribution in [0, 0.1) is 5.92 Å². The Labute approximate surface area is 108 Å². The lowest BCUT2D eigenvalue weighted by Gasteiger charge is -2.32. The van der Waals surface area contributed by atoms with E-state index >= 15 is 0 Å². The molecule has 1 N–H and O–H groups in total. The third-order valence-electron chi connectivity index (χ3n) is 3.26. The van der Waals surface area contributed by atoms with Crippen molar-refractivity contribution in [3.8, 4) is 0 Å². The quantitative estimate of drug-likeness (QED) is 0.895. The summed E-state index contributed by atoms with van der Waals surface area (Å²) in [6, 6.07) is 8.47. The maximum absolute atomic E-state index is 5.87. The van der Waals surface area contributed by atoms with E-state index < -0.39 is 0 Å². The molecule has 2 atom stereocenters. The van der Waals surface area contributed by atoms with Gasteiger partial charge in [-0.25, -0.2) is 0 Å². The molecule has 0 radical (unpaired) electrons. The standard InChI is InChI=1S/C14H20ClNO/c1-10(2)14-8-16-13(9-17-14)7-11-3-5-12(15)6-4-11/h3-6,10,13-14,16H,7-9H2,1-2H3/t13-,14-/m0/s1. The monoisotopic (exact) mass is 253 g/mol. The van der Waals surface area contributed by atoms with Gasteiger partial charge in [-0.15, -0.1) is 0 Å². The molecule has 1 aromatic carbocycles. The Morgan fingerprint density at radius 3 is 2.59 bits per heavy atom.